The van der Waals surface area contributed by atoms with Gasteiger partial charge in [0.15, 0.2) is 0 Å². The first kappa shape index (κ1) is 24.3. The highest BCUT2D eigenvalue weighted by molar-refractivity contribution is 5.94. The Bertz CT molecular complexity index is 1020. The van der Waals surface area contributed by atoms with Crippen molar-refractivity contribution in [2.24, 2.45) is 11.5 Å². The SMILES string of the molecule is NC(=O)CCC(NC(=O)C(Cc1c[nH]c2ccccc12)NC(=O)C(N)CC(=O)O)C(=O)O. The molecule has 1 aromatic carbocycles. The van der Waals surface area contributed by atoms with Crippen LogP contribution < -0.4 is 22.1 Å². The molecule has 0 fully saturated rings. The second-order valence-corrected chi connectivity index (χ2v) is 7.23. The van der Waals surface area contributed by atoms with Crippen molar-refractivity contribution in [2.45, 2.75) is 43.8 Å². The van der Waals surface area contributed by atoms with Gasteiger partial charge >= 0.3 is 11.9 Å². The molecule has 3 amide bonds. The zero-order chi connectivity index (χ0) is 23.8. The van der Waals surface area contributed by atoms with Crippen molar-refractivity contribution in [3.05, 3.63) is 36.0 Å². The molecule has 9 N–H and O–H groups in total. The second-order valence-electron chi connectivity index (χ2n) is 7.23. The molecule has 0 spiro atoms. The van der Waals surface area contributed by atoms with Gasteiger partial charge in [-0.1, -0.05) is 18.2 Å². The topological polar surface area (TPSA) is 218 Å². The van der Waals surface area contributed by atoms with Crippen LogP contribution in [0.3, 0.4) is 0 Å². The van der Waals surface area contributed by atoms with Crippen molar-refractivity contribution in [1.29, 1.82) is 0 Å². The molecule has 0 saturated carbocycles. The molecular weight excluding hydrogens is 422 g/mol. The molecule has 0 saturated heterocycles. The first-order chi connectivity index (χ1) is 15.1. The van der Waals surface area contributed by atoms with Crippen molar-refractivity contribution in [1.82, 2.24) is 15.6 Å². The summed E-state index contributed by atoms with van der Waals surface area (Å²) in [4.78, 5) is 61.6. The minimum Gasteiger partial charge on any atom is -0.481 e. The number of H-pyrrole nitrogens is 1. The Morgan fingerprint density at radius 3 is 2.28 bits per heavy atom. The summed E-state index contributed by atoms with van der Waals surface area (Å²) in [5.74, 6) is -5.10. The monoisotopic (exact) mass is 447 g/mol. The van der Waals surface area contributed by atoms with E-state index in [1.165, 1.54) is 0 Å². The maximum absolute atomic E-state index is 12.9. The van der Waals surface area contributed by atoms with Crippen LogP contribution in [-0.4, -0.2) is 63.0 Å². The molecular formula is C20H25N5O7. The van der Waals surface area contributed by atoms with E-state index in [1.54, 1.807) is 18.3 Å². The largest absolute Gasteiger partial charge is 0.481 e. The van der Waals surface area contributed by atoms with Gasteiger partial charge in [0, 0.05) is 29.9 Å². The number of carbonyl (C=O) groups is 5. The predicted octanol–water partition coefficient (Wildman–Crippen LogP) is -1.17. The van der Waals surface area contributed by atoms with Crippen molar-refractivity contribution >= 4 is 40.6 Å². The lowest BCUT2D eigenvalue weighted by atomic mass is 10.0. The van der Waals surface area contributed by atoms with Crippen LogP contribution in [0.2, 0.25) is 0 Å². The minimum atomic E-state index is -1.41. The average molecular weight is 447 g/mol. The van der Waals surface area contributed by atoms with Gasteiger partial charge in [0.25, 0.3) is 0 Å². The number of carboxylic acids is 2. The summed E-state index contributed by atoms with van der Waals surface area (Å²) in [6, 6.07) is 3.16. The normalized spacial score (nSPS) is 13.7. The molecule has 12 nitrogen and oxygen atoms in total. The van der Waals surface area contributed by atoms with Gasteiger partial charge in [0.2, 0.25) is 17.7 Å². The van der Waals surface area contributed by atoms with E-state index in [9.17, 15) is 29.1 Å². The lowest BCUT2D eigenvalue weighted by Crippen LogP contribution is -2.55. The van der Waals surface area contributed by atoms with Gasteiger partial charge < -0.3 is 37.3 Å². The summed E-state index contributed by atoms with van der Waals surface area (Å²) in [7, 11) is 0. The van der Waals surface area contributed by atoms with Crippen LogP contribution in [0.1, 0.15) is 24.8 Å². The lowest BCUT2D eigenvalue weighted by Gasteiger charge is -2.22. The number of nitrogens with two attached hydrogens (primary N) is 2. The summed E-state index contributed by atoms with van der Waals surface area (Å²) in [6.45, 7) is 0. The molecule has 0 aliphatic carbocycles. The number of para-hydroxylation sites is 1. The second kappa shape index (κ2) is 10.9. The maximum Gasteiger partial charge on any atom is 0.326 e. The highest BCUT2D eigenvalue weighted by Crippen LogP contribution is 2.19. The molecule has 0 bridgehead atoms. The molecule has 32 heavy (non-hydrogen) atoms. The van der Waals surface area contributed by atoms with Crippen LogP contribution in [-0.2, 0) is 30.4 Å². The predicted molar refractivity (Wildman–Crippen MR) is 112 cm³/mol. The summed E-state index contributed by atoms with van der Waals surface area (Å²) in [5, 5.41) is 23.7. The van der Waals surface area contributed by atoms with Gasteiger partial charge in [-0.2, -0.15) is 0 Å². The molecule has 172 valence electrons. The average Bonchev–Trinajstić information content (AvgIpc) is 3.12. The Kier molecular flexibility index (Phi) is 8.30. The van der Waals surface area contributed by atoms with E-state index in [1.807, 2.05) is 12.1 Å². The van der Waals surface area contributed by atoms with Crippen molar-refractivity contribution < 1.29 is 34.2 Å². The van der Waals surface area contributed by atoms with E-state index in [2.05, 4.69) is 15.6 Å². The smallest absolute Gasteiger partial charge is 0.326 e. The third kappa shape index (κ3) is 6.80. The van der Waals surface area contributed by atoms with Gasteiger partial charge in [-0.25, -0.2) is 4.79 Å². The van der Waals surface area contributed by atoms with Crippen molar-refractivity contribution in [3.8, 4) is 0 Å². The quantitative estimate of drug-likeness (QED) is 0.210. The van der Waals surface area contributed by atoms with E-state index >= 15 is 0 Å². The van der Waals surface area contributed by atoms with Gasteiger partial charge in [-0.05, 0) is 18.1 Å². The lowest BCUT2D eigenvalue weighted by molar-refractivity contribution is -0.143. The molecule has 0 aliphatic rings. The molecule has 3 atom stereocenters. The minimum absolute atomic E-state index is 0.0243. The zero-order valence-corrected chi connectivity index (χ0v) is 17.0. The number of hydrogen-bond donors (Lipinski definition) is 7. The highest BCUT2D eigenvalue weighted by Gasteiger charge is 2.29. The van der Waals surface area contributed by atoms with Gasteiger partial charge in [0.1, 0.15) is 12.1 Å². The molecule has 3 unspecified atom stereocenters. The Hall–Kier alpha value is -3.93. The number of primary amides is 1. The first-order valence-electron chi connectivity index (χ1n) is 9.72. The first-order valence-corrected chi connectivity index (χ1v) is 9.72. The zero-order valence-electron chi connectivity index (χ0n) is 17.0. The number of carbonyl (C=O) groups excluding carboxylic acids is 3. The fourth-order valence-electron chi connectivity index (χ4n) is 3.11. The van der Waals surface area contributed by atoms with Gasteiger partial charge in [-0.3, -0.25) is 19.2 Å². The van der Waals surface area contributed by atoms with E-state index in [0.29, 0.717) is 5.56 Å². The third-order valence-corrected chi connectivity index (χ3v) is 4.76. The Labute approximate surface area is 182 Å². The van der Waals surface area contributed by atoms with Crippen LogP contribution in [0, 0.1) is 0 Å². The number of aromatic nitrogens is 1. The van der Waals surface area contributed by atoms with Crippen LogP contribution >= 0.6 is 0 Å². The van der Waals surface area contributed by atoms with E-state index in [0.717, 1.165) is 10.9 Å². The number of benzene rings is 1. The van der Waals surface area contributed by atoms with Crippen LogP contribution in [0.5, 0.6) is 0 Å². The number of aliphatic carboxylic acids is 2. The summed E-state index contributed by atoms with van der Waals surface area (Å²) in [5.41, 5.74) is 12.1. The standard InChI is InChI=1S/C20H25N5O7/c21-12(8-17(27)28)18(29)25-15(7-10-9-23-13-4-2-1-3-11(10)13)19(30)24-14(20(31)32)5-6-16(22)26/h1-4,9,12,14-15,23H,5-8,21H2,(H2,22,26)(H,24,30)(H,25,29)(H,27,28)(H,31,32). The number of amides is 3. The summed E-state index contributed by atoms with van der Waals surface area (Å²) in [6.07, 6.45) is 0.478. The number of fused-ring (bicyclic) bond motifs is 1. The highest BCUT2D eigenvalue weighted by atomic mass is 16.4. The molecule has 0 aliphatic heterocycles. The molecule has 0 radical (unpaired) electrons. The molecule has 1 heterocycles. The van der Waals surface area contributed by atoms with Crippen LogP contribution in [0.15, 0.2) is 30.5 Å². The number of rotatable bonds is 12. The van der Waals surface area contributed by atoms with Crippen LogP contribution in [0.4, 0.5) is 0 Å². The third-order valence-electron chi connectivity index (χ3n) is 4.76. The van der Waals surface area contributed by atoms with Gasteiger partial charge in [-0.15, -0.1) is 0 Å². The van der Waals surface area contributed by atoms with Crippen molar-refractivity contribution in [3.63, 3.8) is 0 Å². The number of aromatic amines is 1. The fraction of sp³-hybridized carbons (Fsp3) is 0.350. The molecule has 2 rings (SSSR count). The van der Waals surface area contributed by atoms with Gasteiger partial charge in [0.05, 0.1) is 12.5 Å². The molecule has 12 heteroatoms. The van der Waals surface area contributed by atoms with Crippen molar-refractivity contribution in [2.75, 3.05) is 0 Å². The number of nitrogens with one attached hydrogen (secondary N) is 3. The Morgan fingerprint density at radius 2 is 1.66 bits per heavy atom. The number of hydrogen-bond acceptors (Lipinski definition) is 6. The molecule has 1 aromatic heterocycles. The van der Waals surface area contributed by atoms with E-state index in [-0.39, 0.29) is 19.3 Å². The Balaban J connectivity index is 2.24. The van der Waals surface area contributed by atoms with E-state index in [4.69, 9.17) is 16.6 Å². The fourth-order valence-corrected chi connectivity index (χ4v) is 3.11. The summed E-state index contributed by atoms with van der Waals surface area (Å²) < 4.78 is 0. The van der Waals surface area contributed by atoms with Crippen LogP contribution in [0.25, 0.3) is 10.9 Å². The Morgan fingerprint density at radius 1 is 1.00 bits per heavy atom. The molecule has 2 aromatic rings. The maximum atomic E-state index is 12.9. The van der Waals surface area contributed by atoms with E-state index < -0.39 is 54.2 Å². The number of carboxylic acid groups (broad SMARTS) is 2. The summed E-state index contributed by atoms with van der Waals surface area (Å²) >= 11 is 0.